The van der Waals surface area contributed by atoms with E-state index in [2.05, 4.69) is 0 Å². The third-order valence-electron chi connectivity index (χ3n) is 0.123. The first kappa shape index (κ1) is 10.6. The lowest BCUT2D eigenvalue weighted by Gasteiger charge is -1.63. The van der Waals surface area contributed by atoms with Gasteiger partial charge < -0.3 is 15.6 Å². The van der Waals surface area contributed by atoms with Gasteiger partial charge in [0, 0.05) is 6.92 Å². The number of rotatable bonds is 1. The number of hydrogen-bond acceptors (Lipinski definition) is 3. The van der Waals surface area contributed by atoms with Crippen LogP contribution in [-0.2, 0) is 9.59 Å². The van der Waals surface area contributed by atoms with Crippen molar-refractivity contribution in [2.75, 3.05) is 0 Å². The molecule has 9 heavy (non-hydrogen) atoms. The van der Waals surface area contributed by atoms with Gasteiger partial charge >= 0.3 is 5.97 Å². The van der Waals surface area contributed by atoms with E-state index in [1.807, 2.05) is 0 Å². The Morgan fingerprint density at radius 2 is 1.56 bits per heavy atom. The van der Waals surface area contributed by atoms with Gasteiger partial charge in [-0.05, 0) is 0 Å². The molecular formula is C4H7NO4. The summed E-state index contributed by atoms with van der Waals surface area (Å²) in [4.78, 5) is 18.1. The fourth-order valence-corrected chi connectivity index (χ4v) is 0. The van der Waals surface area contributed by atoms with Crippen LogP contribution in [-0.4, -0.2) is 28.4 Å². The van der Waals surface area contributed by atoms with Crippen molar-refractivity contribution in [1.29, 1.82) is 5.41 Å². The van der Waals surface area contributed by atoms with Crippen molar-refractivity contribution in [3.05, 3.63) is 0 Å². The topological polar surface area (TPSA) is 98.5 Å². The van der Waals surface area contributed by atoms with Crippen molar-refractivity contribution in [3.63, 3.8) is 0 Å². The van der Waals surface area contributed by atoms with Gasteiger partial charge in [-0.15, -0.1) is 0 Å². The fourth-order valence-electron chi connectivity index (χ4n) is 0. The molecule has 0 aliphatic heterocycles. The summed E-state index contributed by atoms with van der Waals surface area (Å²) >= 11 is 0. The quantitative estimate of drug-likeness (QED) is 0.432. The van der Waals surface area contributed by atoms with Crippen LogP contribution < -0.4 is 0 Å². The molecule has 3 N–H and O–H groups in total. The Morgan fingerprint density at radius 1 is 1.44 bits per heavy atom. The molecule has 0 amide bonds. The van der Waals surface area contributed by atoms with Crippen LogP contribution in [0, 0.1) is 5.41 Å². The molecule has 0 heterocycles. The normalized spacial score (nSPS) is 6.33. The molecule has 0 aliphatic rings. The van der Waals surface area contributed by atoms with Crippen LogP contribution in [0.25, 0.3) is 0 Å². The van der Waals surface area contributed by atoms with Crippen LogP contribution >= 0.6 is 0 Å². The van der Waals surface area contributed by atoms with Gasteiger partial charge in [0.2, 0.25) is 0 Å². The number of nitrogens with one attached hydrogen (secondary N) is 1. The summed E-state index contributed by atoms with van der Waals surface area (Å²) in [6, 6.07) is 0. The van der Waals surface area contributed by atoms with E-state index in [1.54, 1.807) is 0 Å². The highest BCUT2D eigenvalue weighted by Crippen LogP contribution is 1.42. The van der Waals surface area contributed by atoms with Gasteiger partial charge in [-0.1, -0.05) is 0 Å². The summed E-state index contributed by atoms with van der Waals surface area (Å²) in [6.07, 6.45) is 0.333. The minimum Gasteiger partial charge on any atom is -0.481 e. The van der Waals surface area contributed by atoms with Crippen LogP contribution in [0.2, 0.25) is 0 Å². The summed E-state index contributed by atoms with van der Waals surface area (Å²) in [5, 5.41) is 20.8. The maximum atomic E-state index is 9.12. The SMILES string of the molecule is CC(=O)O.N=CC(=O)O. The second-order valence-corrected chi connectivity index (χ2v) is 1.00. The molecule has 0 bridgehead atoms. The minimum atomic E-state index is -1.20. The van der Waals surface area contributed by atoms with E-state index in [9.17, 15) is 0 Å². The lowest BCUT2D eigenvalue weighted by molar-refractivity contribution is -0.134. The molecule has 0 unspecified atom stereocenters. The molecule has 0 saturated heterocycles. The molecule has 0 atom stereocenters. The first-order chi connectivity index (χ1) is 4.00. The molecule has 0 aliphatic carbocycles. The van der Waals surface area contributed by atoms with Gasteiger partial charge in [0.05, 0.1) is 0 Å². The average Bonchev–Trinajstić information content (AvgIpc) is 1.65. The van der Waals surface area contributed by atoms with Crippen LogP contribution in [0.15, 0.2) is 0 Å². The molecule has 0 spiro atoms. The Kier molecular flexibility index (Phi) is 7.76. The summed E-state index contributed by atoms with van der Waals surface area (Å²) in [6.45, 7) is 1.08. The third kappa shape index (κ3) is 378. The Balaban J connectivity index is 0. The molecule has 0 aromatic heterocycles. The zero-order valence-electron chi connectivity index (χ0n) is 4.79. The van der Waals surface area contributed by atoms with E-state index >= 15 is 0 Å². The van der Waals surface area contributed by atoms with E-state index in [4.69, 9.17) is 25.2 Å². The molecule has 0 rings (SSSR count). The highest BCUT2D eigenvalue weighted by atomic mass is 16.4. The Hall–Kier alpha value is -1.39. The van der Waals surface area contributed by atoms with Gasteiger partial charge in [0.25, 0.3) is 5.97 Å². The van der Waals surface area contributed by atoms with Crippen molar-refractivity contribution in [2.45, 2.75) is 6.92 Å². The lowest BCUT2D eigenvalue weighted by atomic mass is 10.8. The van der Waals surface area contributed by atoms with Crippen molar-refractivity contribution in [2.24, 2.45) is 0 Å². The van der Waals surface area contributed by atoms with E-state index in [0.29, 0.717) is 6.21 Å². The predicted molar refractivity (Wildman–Crippen MR) is 29.7 cm³/mol. The maximum Gasteiger partial charge on any atom is 0.346 e. The standard InChI is InChI=1S/C2H3NO2.C2H4O2/c3-1-2(4)5;1-2(3)4/h1,3H,(H,4,5);1H3,(H,3,4). The van der Waals surface area contributed by atoms with E-state index in [1.165, 1.54) is 0 Å². The Morgan fingerprint density at radius 3 is 1.56 bits per heavy atom. The summed E-state index contributed by atoms with van der Waals surface area (Å²) < 4.78 is 0. The Labute approximate surface area is 51.4 Å². The zero-order chi connectivity index (χ0) is 7.86. The summed E-state index contributed by atoms with van der Waals surface area (Å²) in [7, 11) is 0. The van der Waals surface area contributed by atoms with Gasteiger partial charge in [0.15, 0.2) is 0 Å². The second kappa shape index (κ2) is 6.61. The molecule has 5 nitrogen and oxygen atoms in total. The highest BCUT2D eigenvalue weighted by molar-refractivity contribution is 6.20. The second-order valence-electron chi connectivity index (χ2n) is 1.00. The largest absolute Gasteiger partial charge is 0.481 e. The average molecular weight is 133 g/mol. The van der Waals surface area contributed by atoms with Crippen molar-refractivity contribution >= 4 is 18.2 Å². The number of aliphatic carboxylic acids is 2. The molecule has 5 heteroatoms. The highest BCUT2D eigenvalue weighted by Gasteiger charge is 1.76. The van der Waals surface area contributed by atoms with Crippen LogP contribution in [0.4, 0.5) is 0 Å². The summed E-state index contributed by atoms with van der Waals surface area (Å²) in [5.74, 6) is -2.04. The molecule has 0 radical (unpaired) electrons. The van der Waals surface area contributed by atoms with Crippen LogP contribution in [0.5, 0.6) is 0 Å². The minimum absolute atomic E-state index is 0.333. The first-order valence-corrected chi connectivity index (χ1v) is 1.93. The molecule has 52 valence electrons. The van der Waals surface area contributed by atoms with Crippen LogP contribution in [0.3, 0.4) is 0 Å². The number of hydrogen-bond donors (Lipinski definition) is 3. The van der Waals surface area contributed by atoms with Crippen molar-refractivity contribution in [1.82, 2.24) is 0 Å². The van der Waals surface area contributed by atoms with E-state index < -0.39 is 11.9 Å². The molecule has 0 fully saturated rings. The molecular weight excluding hydrogens is 126 g/mol. The number of carbonyl (C=O) groups is 2. The van der Waals surface area contributed by atoms with Gasteiger partial charge in [0.1, 0.15) is 6.21 Å². The molecule has 0 aromatic carbocycles. The summed E-state index contributed by atoms with van der Waals surface area (Å²) in [5.41, 5.74) is 0. The van der Waals surface area contributed by atoms with E-state index in [0.717, 1.165) is 6.92 Å². The third-order valence-corrected chi connectivity index (χ3v) is 0.123. The smallest absolute Gasteiger partial charge is 0.346 e. The van der Waals surface area contributed by atoms with Crippen LogP contribution in [0.1, 0.15) is 6.92 Å². The first-order valence-electron chi connectivity index (χ1n) is 1.93. The molecule has 0 aromatic rings. The van der Waals surface area contributed by atoms with Gasteiger partial charge in [-0.3, -0.25) is 4.79 Å². The predicted octanol–water partition coefficient (Wildman–Crippen LogP) is -0.189. The fraction of sp³-hybridized carbons (Fsp3) is 0.250. The van der Waals surface area contributed by atoms with E-state index in [-0.39, 0.29) is 0 Å². The van der Waals surface area contributed by atoms with Crippen molar-refractivity contribution in [3.8, 4) is 0 Å². The zero-order valence-corrected chi connectivity index (χ0v) is 4.79. The number of carboxylic acids is 2. The van der Waals surface area contributed by atoms with Gasteiger partial charge in [-0.2, -0.15) is 0 Å². The van der Waals surface area contributed by atoms with Gasteiger partial charge in [-0.25, -0.2) is 4.79 Å². The number of carboxylic acid groups (broad SMARTS) is 2. The molecule has 0 saturated carbocycles. The lowest BCUT2D eigenvalue weighted by Crippen LogP contribution is -1.91. The van der Waals surface area contributed by atoms with Crippen molar-refractivity contribution < 1.29 is 19.8 Å². The monoisotopic (exact) mass is 133 g/mol. The maximum absolute atomic E-state index is 9.12. The Bertz CT molecular complexity index is 116.